The van der Waals surface area contributed by atoms with Gasteiger partial charge in [-0.15, -0.1) is 0 Å². The van der Waals surface area contributed by atoms with Crippen molar-refractivity contribution >= 4 is 32.8 Å². The number of aromatic nitrogens is 1. The summed E-state index contributed by atoms with van der Waals surface area (Å²) in [6, 6.07) is 11.6. The van der Waals surface area contributed by atoms with Crippen LogP contribution < -0.4 is 0 Å². The normalized spacial score (nSPS) is 15.2. The number of carbonyl (C=O) groups excluding carboxylic acids is 2. The van der Waals surface area contributed by atoms with E-state index in [4.69, 9.17) is 9.47 Å². The fraction of sp³-hybridized carbons (Fsp3) is 0.273. The Kier molecular flexibility index (Phi) is 5.65. The maximum atomic E-state index is 13.3. The number of para-hydroxylation sites is 1. The fourth-order valence-electron chi connectivity index (χ4n) is 3.70. The quantitative estimate of drug-likeness (QED) is 0.576. The molecule has 1 aromatic heterocycles. The van der Waals surface area contributed by atoms with Gasteiger partial charge in [-0.1, -0.05) is 24.3 Å². The number of morpholine rings is 1. The molecule has 1 aliphatic rings. The molecule has 1 saturated heterocycles. The van der Waals surface area contributed by atoms with E-state index in [0.29, 0.717) is 29.7 Å². The van der Waals surface area contributed by atoms with Gasteiger partial charge in [0.05, 0.1) is 36.3 Å². The van der Waals surface area contributed by atoms with Gasteiger partial charge in [-0.05, 0) is 30.7 Å². The minimum absolute atomic E-state index is 0.0879. The Morgan fingerprint density at radius 2 is 1.77 bits per heavy atom. The monoisotopic (exact) mass is 442 g/mol. The number of fused-ring (bicyclic) bond motifs is 1. The summed E-state index contributed by atoms with van der Waals surface area (Å²) in [7, 11) is -2.49. The maximum Gasteiger partial charge on any atom is 0.340 e. The van der Waals surface area contributed by atoms with Crippen LogP contribution in [0.5, 0.6) is 0 Å². The average molecular weight is 442 g/mol. The van der Waals surface area contributed by atoms with Crippen molar-refractivity contribution in [2.24, 2.45) is 0 Å². The molecule has 0 aliphatic carbocycles. The number of benzene rings is 2. The van der Waals surface area contributed by atoms with Crippen LogP contribution in [0.2, 0.25) is 0 Å². The van der Waals surface area contributed by atoms with E-state index >= 15 is 0 Å². The largest absolute Gasteiger partial charge is 0.465 e. The van der Waals surface area contributed by atoms with Gasteiger partial charge >= 0.3 is 5.97 Å². The number of aryl methyl sites for hydroxylation is 1. The van der Waals surface area contributed by atoms with Gasteiger partial charge in [0.25, 0.3) is 5.91 Å². The highest BCUT2D eigenvalue weighted by Crippen LogP contribution is 2.26. The van der Waals surface area contributed by atoms with Crippen molar-refractivity contribution in [3.8, 4) is 0 Å². The Balaban J connectivity index is 1.79. The second-order valence-corrected chi connectivity index (χ2v) is 9.13. The molecule has 0 spiro atoms. The predicted octanol–water partition coefficient (Wildman–Crippen LogP) is 2.45. The van der Waals surface area contributed by atoms with Crippen molar-refractivity contribution in [1.29, 1.82) is 0 Å². The summed E-state index contributed by atoms with van der Waals surface area (Å²) < 4.78 is 39.1. The Morgan fingerprint density at radius 1 is 1.06 bits per heavy atom. The van der Waals surface area contributed by atoms with Gasteiger partial charge in [0.1, 0.15) is 0 Å². The highest BCUT2D eigenvalue weighted by molar-refractivity contribution is 7.89. The van der Waals surface area contributed by atoms with Gasteiger partial charge in [-0.3, -0.25) is 9.36 Å². The summed E-state index contributed by atoms with van der Waals surface area (Å²) in [5.74, 6) is -0.993. The van der Waals surface area contributed by atoms with Crippen molar-refractivity contribution in [3.05, 3.63) is 65.4 Å². The van der Waals surface area contributed by atoms with Crippen LogP contribution in [0.25, 0.3) is 10.9 Å². The number of methoxy groups -OCH3 is 1. The predicted molar refractivity (Wildman–Crippen MR) is 114 cm³/mol. The second-order valence-electron chi connectivity index (χ2n) is 7.22. The number of nitrogens with zero attached hydrogens (tertiary/aromatic N) is 2. The zero-order chi connectivity index (χ0) is 22.2. The number of hydrogen-bond donors (Lipinski definition) is 0. The number of hydrogen-bond acceptors (Lipinski definition) is 6. The van der Waals surface area contributed by atoms with Crippen molar-refractivity contribution in [2.45, 2.75) is 11.8 Å². The smallest absolute Gasteiger partial charge is 0.340 e. The molecular weight excluding hydrogens is 420 g/mol. The van der Waals surface area contributed by atoms with Crippen LogP contribution in [-0.2, 0) is 19.5 Å². The summed E-state index contributed by atoms with van der Waals surface area (Å²) in [6.07, 6.45) is 1.43. The van der Waals surface area contributed by atoms with Gasteiger partial charge in [-0.25, -0.2) is 13.2 Å². The zero-order valence-electron chi connectivity index (χ0n) is 17.2. The third kappa shape index (κ3) is 3.76. The molecule has 0 radical (unpaired) electrons. The SMILES string of the molecule is COC(=O)c1cn(C(=O)c2ccc(C)c(S(=O)(=O)N3CCOCC3)c2)c2ccccc12. The molecular formula is C22H22N2O6S. The molecule has 31 heavy (non-hydrogen) atoms. The van der Waals surface area contributed by atoms with E-state index in [1.807, 2.05) is 0 Å². The number of ether oxygens (including phenoxy) is 2. The maximum absolute atomic E-state index is 13.3. The average Bonchev–Trinajstić information content (AvgIpc) is 3.18. The molecule has 0 atom stereocenters. The van der Waals surface area contributed by atoms with E-state index in [0.717, 1.165) is 0 Å². The minimum Gasteiger partial charge on any atom is -0.465 e. The fourth-order valence-corrected chi connectivity index (χ4v) is 5.36. The van der Waals surface area contributed by atoms with Crippen LogP contribution in [0.1, 0.15) is 26.3 Å². The first-order valence-corrected chi connectivity index (χ1v) is 11.2. The number of rotatable bonds is 4. The van der Waals surface area contributed by atoms with Gasteiger partial charge in [-0.2, -0.15) is 4.31 Å². The molecule has 0 amide bonds. The number of carbonyl (C=O) groups is 2. The molecule has 0 N–H and O–H groups in total. The molecule has 1 aliphatic heterocycles. The minimum atomic E-state index is -3.77. The summed E-state index contributed by atoms with van der Waals surface area (Å²) in [4.78, 5) is 25.6. The molecule has 3 aromatic rings. The van der Waals surface area contributed by atoms with E-state index in [1.54, 1.807) is 43.3 Å². The molecule has 0 unspecified atom stereocenters. The Morgan fingerprint density at radius 3 is 2.48 bits per heavy atom. The van der Waals surface area contributed by atoms with Crippen LogP contribution in [-0.4, -0.2) is 62.6 Å². The summed E-state index contributed by atoms with van der Waals surface area (Å²) >= 11 is 0. The lowest BCUT2D eigenvalue weighted by Gasteiger charge is -2.26. The Hall–Kier alpha value is -3.01. The molecule has 2 aromatic carbocycles. The lowest BCUT2D eigenvalue weighted by molar-refractivity contribution is 0.0603. The van der Waals surface area contributed by atoms with E-state index in [2.05, 4.69) is 0 Å². The molecule has 1 fully saturated rings. The van der Waals surface area contributed by atoms with Crippen molar-refractivity contribution in [3.63, 3.8) is 0 Å². The second kappa shape index (κ2) is 8.26. The summed E-state index contributed by atoms with van der Waals surface area (Å²) in [6.45, 7) is 2.91. The highest BCUT2D eigenvalue weighted by atomic mass is 32.2. The third-order valence-corrected chi connectivity index (χ3v) is 7.40. The van der Waals surface area contributed by atoms with E-state index in [1.165, 1.54) is 28.2 Å². The first-order valence-electron chi connectivity index (χ1n) is 9.76. The third-order valence-electron chi connectivity index (χ3n) is 5.36. The van der Waals surface area contributed by atoms with Crippen molar-refractivity contribution in [2.75, 3.05) is 33.4 Å². The molecule has 0 saturated carbocycles. The van der Waals surface area contributed by atoms with Gasteiger partial charge in [0.2, 0.25) is 10.0 Å². The van der Waals surface area contributed by atoms with Gasteiger partial charge < -0.3 is 9.47 Å². The van der Waals surface area contributed by atoms with Crippen molar-refractivity contribution < 1.29 is 27.5 Å². The topological polar surface area (TPSA) is 94.9 Å². The van der Waals surface area contributed by atoms with Gasteiger partial charge in [0, 0.05) is 30.2 Å². The van der Waals surface area contributed by atoms with Crippen molar-refractivity contribution in [1.82, 2.24) is 8.87 Å². The standard InChI is InChI=1S/C22H22N2O6S/c1-15-7-8-16(13-20(15)31(27,28)23-9-11-30-12-10-23)21(25)24-14-18(22(26)29-2)17-5-3-4-6-19(17)24/h3-8,13-14H,9-12H2,1-2H3. The number of sulfonamides is 1. The van der Waals surface area contributed by atoms with Crippen LogP contribution in [0.15, 0.2) is 53.6 Å². The first-order chi connectivity index (χ1) is 14.8. The van der Waals surface area contributed by atoms with Crippen LogP contribution in [0.4, 0.5) is 0 Å². The molecule has 8 nitrogen and oxygen atoms in total. The molecule has 4 rings (SSSR count). The zero-order valence-corrected chi connectivity index (χ0v) is 18.0. The lowest BCUT2D eigenvalue weighted by atomic mass is 10.1. The molecule has 2 heterocycles. The Bertz CT molecular complexity index is 1270. The van der Waals surface area contributed by atoms with E-state index in [9.17, 15) is 18.0 Å². The van der Waals surface area contributed by atoms with Crippen LogP contribution in [0.3, 0.4) is 0 Å². The van der Waals surface area contributed by atoms with Crippen LogP contribution in [0, 0.1) is 6.92 Å². The van der Waals surface area contributed by atoms with E-state index < -0.39 is 21.9 Å². The molecule has 0 bridgehead atoms. The lowest BCUT2D eigenvalue weighted by Crippen LogP contribution is -2.40. The highest BCUT2D eigenvalue weighted by Gasteiger charge is 2.29. The summed E-state index contributed by atoms with van der Waals surface area (Å²) in [5.41, 5.74) is 1.55. The Labute approximate surface area is 180 Å². The number of esters is 1. The van der Waals surface area contributed by atoms with E-state index in [-0.39, 0.29) is 29.1 Å². The summed E-state index contributed by atoms with van der Waals surface area (Å²) in [5, 5.41) is 0.580. The van der Waals surface area contributed by atoms with Crippen LogP contribution >= 0.6 is 0 Å². The first kappa shape index (κ1) is 21.2. The van der Waals surface area contributed by atoms with Gasteiger partial charge in [0.15, 0.2) is 0 Å². The molecule has 162 valence electrons. The molecule has 9 heteroatoms.